The third kappa shape index (κ3) is 4.03. The Bertz CT molecular complexity index is 391. The molecule has 0 bridgehead atoms. The summed E-state index contributed by atoms with van der Waals surface area (Å²) >= 11 is 0. The summed E-state index contributed by atoms with van der Waals surface area (Å²) in [7, 11) is 0. The minimum Gasteiger partial charge on any atom is -0.383 e. The highest BCUT2D eigenvalue weighted by Gasteiger charge is 2.19. The monoisotopic (exact) mass is 237 g/mol. The van der Waals surface area contributed by atoms with E-state index < -0.39 is 0 Å². The average molecular weight is 237 g/mol. The van der Waals surface area contributed by atoms with E-state index in [1.807, 2.05) is 20.8 Å². The van der Waals surface area contributed by atoms with Crippen LogP contribution in [0.15, 0.2) is 18.3 Å². The lowest BCUT2D eigenvalue weighted by Crippen LogP contribution is -2.40. The Balaban J connectivity index is 2.59. The van der Waals surface area contributed by atoms with Gasteiger partial charge in [-0.1, -0.05) is 0 Å². The molecule has 0 aliphatic carbocycles. The van der Waals surface area contributed by atoms with Gasteiger partial charge in [0.05, 0.1) is 11.2 Å². The molecule has 0 saturated carbocycles. The van der Waals surface area contributed by atoms with Gasteiger partial charge in [-0.25, -0.2) is 4.98 Å². The lowest BCUT2D eigenvalue weighted by molar-refractivity contribution is -0.00815. The second-order valence-corrected chi connectivity index (χ2v) is 4.31. The number of carbonyl (C=O) groups excluding carboxylic acids is 1. The van der Waals surface area contributed by atoms with Crippen LogP contribution in [-0.4, -0.2) is 29.6 Å². The van der Waals surface area contributed by atoms with Crippen LogP contribution in [0.2, 0.25) is 0 Å². The molecule has 0 unspecified atom stereocenters. The van der Waals surface area contributed by atoms with Crippen molar-refractivity contribution in [3.8, 4) is 0 Å². The number of amides is 1. The van der Waals surface area contributed by atoms with Gasteiger partial charge in [0.25, 0.3) is 5.91 Å². The summed E-state index contributed by atoms with van der Waals surface area (Å²) in [6.45, 7) is 6.79. The molecule has 5 heteroatoms. The zero-order chi connectivity index (χ0) is 12.9. The van der Waals surface area contributed by atoms with Crippen molar-refractivity contribution in [3.63, 3.8) is 0 Å². The first-order valence-electron chi connectivity index (χ1n) is 5.59. The number of nitrogens with one attached hydrogen (secondary N) is 1. The van der Waals surface area contributed by atoms with Gasteiger partial charge < -0.3 is 15.8 Å². The van der Waals surface area contributed by atoms with Gasteiger partial charge in [-0.2, -0.15) is 0 Å². The Kier molecular flexibility index (Phi) is 4.45. The fraction of sp³-hybridized carbons (Fsp3) is 0.500. The number of nitrogen functional groups attached to an aromatic ring is 1. The molecule has 1 aromatic rings. The second kappa shape index (κ2) is 5.63. The maximum atomic E-state index is 11.8. The number of aromatic nitrogens is 1. The highest BCUT2D eigenvalue weighted by Crippen LogP contribution is 2.09. The molecule has 0 aromatic carbocycles. The Morgan fingerprint density at radius 1 is 1.59 bits per heavy atom. The molecular weight excluding hydrogens is 218 g/mol. The number of nitrogens with two attached hydrogens (primary N) is 1. The molecular formula is C12H19N3O2. The Hall–Kier alpha value is -1.62. The van der Waals surface area contributed by atoms with Gasteiger partial charge in [-0.3, -0.25) is 4.79 Å². The third-order valence-electron chi connectivity index (χ3n) is 2.29. The smallest absolute Gasteiger partial charge is 0.255 e. The van der Waals surface area contributed by atoms with Crippen LogP contribution >= 0.6 is 0 Å². The fourth-order valence-electron chi connectivity index (χ4n) is 1.44. The number of hydrogen-bond acceptors (Lipinski definition) is 4. The van der Waals surface area contributed by atoms with Gasteiger partial charge in [0.2, 0.25) is 0 Å². The van der Waals surface area contributed by atoms with E-state index in [2.05, 4.69) is 10.3 Å². The number of anilines is 1. The Morgan fingerprint density at radius 3 is 2.88 bits per heavy atom. The van der Waals surface area contributed by atoms with Crippen LogP contribution in [0.5, 0.6) is 0 Å². The molecule has 17 heavy (non-hydrogen) atoms. The predicted octanol–water partition coefficient (Wildman–Crippen LogP) is 1.21. The van der Waals surface area contributed by atoms with E-state index in [1.165, 1.54) is 0 Å². The first kappa shape index (κ1) is 13.4. The molecule has 1 heterocycles. The van der Waals surface area contributed by atoms with Gasteiger partial charge in [-0.05, 0) is 32.9 Å². The SMILES string of the molecule is CCOC(C)(C)CNC(=O)c1cccnc1N. The van der Waals surface area contributed by atoms with Crippen molar-refractivity contribution in [2.24, 2.45) is 0 Å². The van der Waals surface area contributed by atoms with Crippen molar-refractivity contribution in [1.82, 2.24) is 10.3 Å². The Labute approximate surface area is 101 Å². The number of nitrogens with zero attached hydrogens (tertiary/aromatic N) is 1. The van der Waals surface area contributed by atoms with E-state index in [4.69, 9.17) is 10.5 Å². The molecule has 0 spiro atoms. The van der Waals surface area contributed by atoms with Gasteiger partial charge in [0, 0.05) is 19.3 Å². The van der Waals surface area contributed by atoms with E-state index in [9.17, 15) is 4.79 Å². The molecule has 0 saturated heterocycles. The van der Waals surface area contributed by atoms with Gasteiger partial charge >= 0.3 is 0 Å². The van der Waals surface area contributed by atoms with Gasteiger partial charge in [-0.15, -0.1) is 0 Å². The standard InChI is InChI=1S/C12H19N3O2/c1-4-17-12(2,3)8-15-11(16)9-6-5-7-14-10(9)13/h5-7H,4,8H2,1-3H3,(H2,13,14)(H,15,16). The molecule has 0 radical (unpaired) electrons. The maximum absolute atomic E-state index is 11.8. The van der Waals surface area contributed by atoms with E-state index in [1.54, 1.807) is 18.3 Å². The van der Waals surface area contributed by atoms with Crippen LogP contribution in [0, 0.1) is 0 Å². The molecule has 1 amide bonds. The van der Waals surface area contributed by atoms with Gasteiger partial charge in [0.1, 0.15) is 5.82 Å². The van der Waals surface area contributed by atoms with E-state index >= 15 is 0 Å². The summed E-state index contributed by atoms with van der Waals surface area (Å²) in [6, 6.07) is 3.32. The van der Waals surface area contributed by atoms with Crippen LogP contribution in [0.25, 0.3) is 0 Å². The highest BCUT2D eigenvalue weighted by atomic mass is 16.5. The quantitative estimate of drug-likeness (QED) is 0.807. The normalized spacial score (nSPS) is 11.2. The predicted molar refractivity (Wildman–Crippen MR) is 66.7 cm³/mol. The lowest BCUT2D eigenvalue weighted by atomic mass is 10.1. The van der Waals surface area contributed by atoms with Gasteiger partial charge in [0.15, 0.2) is 0 Å². The summed E-state index contributed by atoms with van der Waals surface area (Å²) in [5, 5.41) is 2.78. The van der Waals surface area contributed by atoms with Crippen molar-refractivity contribution in [1.29, 1.82) is 0 Å². The van der Waals surface area contributed by atoms with Crippen molar-refractivity contribution in [3.05, 3.63) is 23.9 Å². The van der Waals surface area contributed by atoms with E-state index in [-0.39, 0.29) is 17.3 Å². The first-order chi connectivity index (χ1) is 7.96. The van der Waals surface area contributed by atoms with Crippen molar-refractivity contribution in [2.45, 2.75) is 26.4 Å². The molecule has 1 rings (SSSR count). The summed E-state index contributed by atoms with van der Waals surface area (Å²) in [5.74, 6) is 0.00240. The van der Waals surface area contributed by atoms with Crippen molar-refractivity contribution < 1.29 is 9.53 Å². The molecule has 0 aliphatic heterocycles. The minimum atomic E-state index is -0.388. The van der Waals surface area contributed by atoms with Crippen LogP contribution in [0.1, 0.15) is 31.1 Å². The third-order valence-corrected chi connectivity index (χ3v) is 2.29. The molecule has 0 fully saturated rings. The number of ether oxygens (including phenoxy) is 1. The zero-order valence-corrected chi connectivity index (χ0v) is 10.5. The summed E-state index contributed by atoms with van der Waals surface area (Å²) < 4.78 is 5.48. The van der Waals surface area contributed by atoms with Crippen LogP contribution in [-0.2, 0) is 4.74 Å². The fourth-order valence-corrected chi connectivity index (χ4v) is 1.44. The number of hydrogen-bond donors (Lipinski definition) is 2. The van der Waals surface area contributed by atoms with Crippen LogP contribution in [0.4, 0.5) is 5.82 Å². The summed E-state index contributed by atoms with van der Waals surface area (Å²) in [6.07, 6.45) is 1.55. The first-order valence-corrected chi connectivity index (χ1v) is 5.59. The van der Waals surface area contributed by atoms with Crippen molar-refractivity contribution in [2.75, 3.05) is 18.9 Å². The largest absolute Gasteiger partial charge is 0.383 e. The number of rotatable bonds is 5. The van der Waals surface area contributed by atoms with Crippen LogP contribution in [0.3, 0.4) is 0 Å². The van der Waals surface area contributed by atoms with Crippen molar-refractivity contribution >= 4 is 11.7 Å². The lowest BCUT2D eigenvalue weighted by Gasteiger charge is -2.24. The molecule has 0 atom stereocenters. The van der Waals surface area contributed by atoms with E-state index in [0.29, 0.717) is 18.7 Å². The maximum Gasteiger partial charge on any atom is 0.255 e. The molecule has 5 nitrogen and oxygen atoms in total. The minimum absolute atomic E-state index is 0.233. The summed E-state index contributed by atoms with van der Waals surface area (Å²) in [4.78, 5) is 15.7. The molecule has 1 aromatic heterocycles. The zero-order valence-electron chi connectivity index (χ0n) is 10.5. The van der Waals surface area contributed by atoms with E-state index in [0.717, 1.165) is 0 Å². The topological polar surface area (TPSA) is 77.2 Å². The highest BCUT2D eigenvalue weighted by molar-refractivity contribution is 5.98. The second-order valence-electron chi connectivity index (χ2n) is 4.31. The summed E-state index contributed by atoms with van der Waals surface area (Å²) in [5.41, 5.74) is 5.62. The average Bonchev–Trinajstić information content (AvgIpc) is 2.27. The molecule has 94 valence electrons. The number of carbonyl (C=O) groups is 1. The Morgan fingerprint density at radius 2 is 2.29 bits per heavy atom. The van der Waals surface area contributed by atoms with Crippen LogP contribution < -0.4 is 11.1 Å². The number of pyridine rings is 1. The molecule has 3 N–H and O–H groups in total. The molecule has 0 aliphatic rings.